The number of fused-ring (bicyclic) bond motifs is 1. The van der Waals surface area contributed by atoms with Crippen molar-refractivity contribution in [2.75, 3.05) is 18.5 Å². The van der Waals surface area contributed by atoms with Gasteiger partial charge in [-0.05, 0) is 55.8 Å². The summed E-state index contributed by atoms with van der Waals surface area (Å²) in [6.45, 7) is 4.70. The van der Waals surface area contributed by atoms with Gasteiger partial charge in [-0.2, -0.15) is 0 Å². The first-order valence-corrected chi connectivity index (χ1v) is 11.0. The molecule has 0 aliphatic carbocycles. The van der Waals surface area contributed by atoms with Crippen LogP contribution in [0.25, 0.3) is 0 Å². The molecular formula is C27H30N2O3. The monoisotopic (exact) mass is 430 g/mol. The molecule has 0 bridgehead atoms. The normalized spacial score (nSPS) is 16.5. The molecule has 1 heterocycles. The third kappa shape index (κ3) is 4.14. The van der Waals surface area contributed by atoms with Crippen molar-refractivity contribution in [2.45, 2.75) is 38.0 Å². The van der Waals surface area contributed by atoms with Crippen LogP contribution in [0.1, 0.15) is 36.6 Å². The van der Waals surface area contributed by atoms with Crippen LogP contribution in [-0.2, 0) is 16.8 Å². The molecule has 0 aromatic heterocycles. The number of rotatable bonds is 8. The van der Waals surface area contributed by atoms with E-state index in [9.17, 15) is 9.90 Å². The molecule has 4 rings (SSSR count). The highest BCUT2D eigenvalue weighted by molar-refractivity contribution is 6.08. The molecule has 0 spiro atoms. The van der Waals surface area contributed by atoms with Crippen molar-refractivity contribution >= 4 is 11.6 Å². The maximum Gasteiger partial charge on any atom is 0.237 e. The van der Waals surface area contributed by atoms with Gasteiger partial charge in [-0.15, -0.1) is 0 Å². The lowest BCUT2D eigenvalue weighted by molar-refractivity contribution is -0.123. The van der Waals surface area contributed by atoms with E-state index in [2.05, 4.69) is 5.32 Å². The van der Waals surface area contributed by atoms with Crippen LogP contribution in [0.4, 0.5) is 5.69 Å². The van der Waals surface area contributed by atoms with Crippen LogP contribution in [0.15, 0.2) is 78.9 Å². The fourth-order valence-electron chi connectivity index (χ4n) is 4.37. The lowest BCUT2D eigenvalue weighted by Gasteiger charge is -2.33. The van der Waals surface area contributed by atoms with Crippen molar-refractivity contribution in [3.8, 4) is 5.75 Å². The number of amides is 1. The van der Waals surface area contributed by atoms with E-state index in [4.69, 9.17) is 4.74 Å². The molecule has 32 heavy (non-hydrogen) atoms. The topological polar surface area (TPSA) is 61.8 Å². The van der Waals surface area contributed by atoms with Crippen molar-refractivity contribution in [3.63, 3.8) is 0 Å². The zero-order valence-corrected chi connectivity index (χ0v) is 18.8. The molecule has 0 saturated heterocycles. The summed E-state index contributed by atoms with van der Waals surface area (Å²) in [5, 5.41) is 14.1. The molecular weight excluding hydrogens is 400 g/mol. The number of hydrogen-bond acceptors (Lipinski definition) is 4. The molecule has 0 radical (unpaired) electrons. The number of likely N-dealkylation sites (N-methyl/N-ethyl adjacent to an activating group) is 1. The van der Waals surface area contributed by atoms with Crippen molar-refractivity contribution in [1.29, 1.82) is 0 Å². The fourth-order valence-corrected chi connectivity index (χ4v) is 4.37. The van der Waals surface area contributed by atoms with Gasteiger partial charge in [0.25, 0.3) is 0 Å². The van der Waals surface area contributed by atoms with Gasteiger partial charge in [0, 0.05) is 12.2 Å². The summed E-state index contributed by atoms with van der Waals surface area (Å²) in [6.07, 6.45) is -0.762. The van der Waals surface area contributed by atoms with Gasteiger partial charge in [-0.25, -0.2) is 0 Å². The highest BCUT2D eigenvalue weighted by Crippen LogP contribution is 2.47. The summed E-state index contributed by atoms with van der Waals surface area (Å²) in [5.41, 5.74) is 2.98. The van der Waals surface area contributed by atoms with Gasteiger partial charge in [-0.1, -0.05) is 60.7 Å². The largest absolute Gasteiger partial charge is 0.489 e. The Morgan fingerprint density at radius 2 is 1.66 bits per heavy atom. The molecule has 166 valence electrons. The van der Waals surface area contributed by atoms with Gasteiger partial charge in [0.1, 0.15) is 12.4 Å². The molecule has 2 N–H and O–H groups in total. The van der Waals surface area contributed by atoms with Crippen molar-refractivity contribution < 1.29 is 14.6 Å². The van der Waals surface area contributed by atoms with Crippen LogP contribution in [0.3, 0.4) is 0 Å². The smallest absolute Gasteiger partial charge is 0.237 e. The van der Waals surface area contributed by atoms with Gasteiger partial charge in [0.05, 0.1) is 17.6 Å². The van der Waals surface area contributed by atoms with Crippen LogP contribution >= 0.6 is 0 Å². The summed E-state index contributed by atoms with van der Waals surface area (Å²) >= 11 is 0. The average Bonchev–Trinajstić information content (AvgIpc) is 3.00. The first-order chi connectivity index (χ1) is 15.4. The van der Waals surface area contributed by atoms with Gasteiger partial charge in [-0.3, -0.25) is 4.79 Å². The molecule has 2 unspecified atom stereocenters. The highest BCUT2D eigenvalue weighted by Gasteiger charge is 2.48. The lowest BCUT2D eigenvalue weighted by Crippen LogP contribution is -2.45. The fraction of sp³-hybridized carbons (Fsp3) is 0.296. The summed E-state index contributed by atoms with van der Waals surface area (Å²) in [4.78, 5) is 15.4. The predicted molar refractivity (Wildman–Crippen MR) is 127 cm³/mol. The Kier molecular flexibility index (Phi) is 6.31. The average molecular weight is 431 g/mol. The summed E-state index contributed by atoms with van der Waals surface area (Å²) in [7, 11) is 1.80. The van der Waals surface area contributed by atoms with Gasteiger partial charge in [0.15, 0.2) is 0 Å². The molecule has 0 fully saturated rings. The number of nitrogens with zero attached hydrogens (tertiary/aromatic N) is 1. The van der Waals surface area contributed by atoms with Crippen LogP contribution in [0, 0.1) is 0 Å². The second-order valence-corrected chi connectivity index (χ2v) is 8.73. The van der Waals surface area contributed by atoms with Crippen LogP contribution in [0.5, 0.6) is 5.75 Å². The molecule has 1 amide bonds. The molecule has 3 aromatic rings. The number of aliphatic hydroxyl groups excluding tert-OH is 1. The third-order valence-electron chi connectivity index (χ3n) is 6.10. The van der Waals surface area contributed by atoms with Crippen LogP contribution in [-0.4, -0.2) is 30.7 Å². The van der Waals surface area contributed by atoms with Gasteiger partial charge in [0.2, 0.25) is 5.91 Å². The number of aliphatic hydroxyl groups is 1. The second kappa shape index (κ2) is 9.15. The third-order valence-corrected chi connectivity index (χ3v) is 6.10. The minimum atomic E-state index is -0.762. The number of ether oxygens (including phenoxy) is 1. The standard InChI is InChI=1S/C27H30N2O3/c1-27(2)22-16-21(32-18-19-10-6-4-7-11-19)14-15-23(22)29(26(27)31)25(24(30)17-28-3)20-12-8-5-9-13-20/h4-16,24-25,28,30H,17-18H2,1-3H3. The van der Waals surface area contributed by atoms with E-state index in [0.29, 0.717) is 13.2 Å². The van der Waals surface area contributed by atoms with Crippen molar-refractivity contribution in [1.82, 2.24) is 5.32 Å². The van der Waals surface area contributed by atoms with Crippen LogP contribution in [0.2, 0.25) is 0 Å². The number of carbonyl (C=O) groups is 1. The van der Waals surface area contributed by atoms with E-state index < -0.39 is 17.6 Å². The Morgan fingerprint density at radius 3 is 2.31 bits per heavy atom. The molecule has 1 aliphatic rings. The van der Waals surface area contributed by atoms with E-state index >= 15 is 0 Å². The molecule has 3 aromatic carbocycles. The summed E-state index contributed by atoms with van der Waals surface area (Å²) < 4.78 is 6.02. The van der Waals surface area contributed by atoms with E-state index in [1.807, 2.05) is 92.7 Å². The van der Waals surface area contributed by atoms with E-state index in [-0.39, 0.29) is 5.91 Å². The molecule has 5 heteroatoms. The Labute approximate surface area is 189 Å². The number of carbonyl (C=O) groups excluding carboxylic acids is 1. The quantitative estimate of drug-likeness (QED) is 0.562. The zero-order valence-electron chi connectivity index (χ0n) is 18.8. The molecule has 0 saturated carbocycles. The highest BCUT2D eigenvalue weighted by atomic mass is 16.5. The minimum absolute atomic E-state index is 0.0308. The minimum Gasteiger partial charge on any atom is -0.489 e. The van der Waals surface area contributed by atoms with Crippen LogP contribution < -0.4 is 15.0 Å². The predicted octanol–water partition coefficient (Wildman–Crippen LogP) is 4.21. The van der Waals surface area contributed by atoms with Gasteiger partial charge >= 0.3 is 0 Å². The zero-order chi connectivity index (χ0) is 22.7. The first-order valence-electron chi connectivity index (χ1n) is 11.0. The van der Waals surface area contributed by atoms with Crippen molar-refractivity contribution in [2.24, 2.45) is 0 Å². The number of nitrogens with one attached hydrogen (secondary N) is 1. The van der Waals surface area contributed by atoms with E-state index in [1.54, 1.807) is 11.9 Å². The molecule has 2 atom stereocenters. The Morgan fingerprint density at radius 1 is 1.00 bits per heavy atom. The van der Waals surface area contributed by atoms with Crippen molar-refractivity contribution in [3.05, 3.63) is 95.6 Å². The lowest BCUT2D eigenvalue weighted by atomic mass is 9.86. The van der Waals surface area contributed by atoms with Gasteiger partial charge < -0.3 is 20.1 Å². The Hall–Kier alpha value is -3.15. The Bertz CT molecular complexity index is 1070. The molecule has 1 aliphatic heterocycles. The van der Waals surface area contributed by atoms with E-state index in [0.717, 1.165) is 28.1 Å². The first kappa shape index (κ1) is 22.1. The maximum absolute atomic E-state index is 13.7. The SMILES string of the molecule is CNCC(O)C(c1ccccc1)N1C(=O)C(C)(C)c2cc(OCc3ccccc3)ccc21. The maximum atomic E-state index is 13.7. The summed E-state index contributed by atoms with van der Waals surface area (Å²) in [5.74, 6) is 0.694. The summed E-state index contributed by atoms with van der Waals surface area (Å²) in [6, 6.07) is 25.0. The number of hydrogen-bond donors (Lipinski definition) is 2. The van der Waals surface area contributed by atoms with E-state index in [1.165, 1.54) is 0 Å². The second-order valence-electron chi connectivity index (χ2n) is 8.73. The molecule has 5 nitrogen and oxygen atoms in total. The number of benzene rings is 3. The number of anilines is 1. The Balaban J connectivity index is 1.70.